The summed E-state index contributed by atoms with van der Waals surface area (Å²) in [6.07, 6.45) is 97.9. The van der Waals surface area contributed by atoms with Crippen LogP contribution in [0.1, 0.15) is 463 Å². The van der Waals surface area contributed by atoms with Gasteiger partial charge in [0, 0.05) is 6.42 Å². The van der Waals surface area contributed by atoms with Crippen LogP contribution in [0.4, 0.5) is 0 Å². The maximum Gasteiger partial charge on any atom is 0.268 e. The smallest absolute Gasteiger partial charge is 0.268 e. The van der Waals surface area contributed by atoms with Crippen molar-refractivity contribution < 1.29 is 32.9 Å². The fourth-order valence-electron chi connectivity index (χ4n) is 13.5. The number of phosphoric ester groups is 1. The summed E-state index contributed by atoms with van der Waals surface area (Å²) in [4.78, 5) is 25.8. The molecule has 0 aromatic rings. The van der Waals surface area contributed by atoms with Crippen molar-refractivity contribution in [1.82, 2.24) is 5.32 Å². The molecule has 0 aromatic carbocycles. The number of phosphoric acid groups is 1. The van der Waals surface area contributed by atoms with E-state index < -0.39 is 20.0 Å². The fourth-order valence-corrected chi connectivity index (χ4v) is 14.2. The lowest BCUT2D eigenvalue weighted by Gasteiger charge is -2.30. The van der Waals surface area contributed by atoms with Crippen LogP contribution in [-0.4, -0.2) is 68.5 Å². The first-order valence-corrected chi connectivity index (χ1v) is 43.5. The van der Waals surface area contributed by atoms with E-state index in [1.165, 1.54) is 398 Å². The number of likely N-dealkylation sites (N-methyl/N-ethyl adjacent to an activating group) is 1. The Labute approximate surface area is 577 Å². The van der Waals surface area contributed by atoms with Gasteiger partial charge < -0.3 is 28.8 Å². The molecule has 0 aliphatic heterocycles. The van der Waals surface area contributed by atoms with Gasteiger partial charge in [0.1, 0.15) is 13.2 Å². The molecule has 0 spiro atoms. The molecule has 0 aliphatic carbocycles. The van der Waals surface area contributed by atoms with Crippen molar-refractivity contribution in [3.8, 4) is 0 Å². The average molecular weight is 1320 g/mol. The number of aliphatic hydroxyl groups is 1. The van der Waals surface area contributed by atoms with Crippen LogP contribution in [0.5, 0.6) is 0 Å². The minimum absolute atomic E-state index is 0.0165. The highest BCUT2D eigenvalue weighted by Gasteiger charge is 2.24. The molecule has 0 fully saturated rings. The van der Waals surface area contributed by atoms with Crippen molar-refractivity contribution in [2.45, 2.75) is 475 Å². The van der Waals surface area contributed by atoms with Crippen molar-refractivity contribution in [3.05, 3.63) is 12.2 Å². The number of allylic oxidation sites excluding steroid dienone is 2. The third-order valence-electron chi connectivity index (χ3n) is 20.0. The van der Waals surface area contributed by atoms with Gasteiger partial charge in [-0.2, -0.15) is 0 Å². The third-order valence-corrected chi connectivity index (χ3v) is 21.0. The second-order valence-electron chi connectivity index (χ2n) is 30.5. The maximum atomic E-state index is 13.1. The quantitative estimate of drug-likeness (QED) is 0.0272. The predicted molar refractivity (Wildman–Crippen MR) is 404 cm³/mol. The number of hydrogen-bond acceptors (Lipinski definition) is 6. The molecule has 2 N–H and O–H groups in total. The van der Waals surface area contributed by atoms with Crippen molar-refractivity contribution in [2.75, 3.05) is 40.9 Å². The van der Waals surface area contributed by atoms with Gasteiger partial charge in [0.15, 0.2) is 0 Å². The second-order valence-corrected chi connectivity index (χ2v) is 32.0. The Kier molecular flexibility index (Phi) is 73.8. The van der Waals surface area contributed by atoms with E-state index in [1.807, 2.05) is 21.1 Å². The van der Waals surface area contributed by atoms with Crippen molar-refractivity contribution >= 4 is 13.7 Å². The van der Waals surface area contributed by atoms with Crippen LogP contribution in [0.25, 0.3) is 0 Å². The average Bonchev–Trinajstić information content (AvgIpc) is 2.63. The van der Waals surface area contributed by atoms with Gasteiger partial charge in [0.25, 0.3) is 7.82 Å². The lowest BCUT2D eigenvalue weighted by Crippen LogP contribution is -2.46. The highest BCUT2D eigenvalue weighted by atomic mass is 31.2. The number of carbonyl (C=O) groups excluding carboxylic acids is 1. The summed E-state index contributed by atoms with van der Waals surface area (Å²) in [6.45, 7) is 4.81. The van der Waals surface area contributed by atoms with Crippen molar-refractivity contribution in [1.29, 1.82) is 0 Å². The second kappa shape index (κ2) is 74.5. The first kappa shape index (κ1) is 91.2. The van der Waals surface area contributed by atoms with Gasteiger partial charge in [0.2, 0.25) is 5.91 Å². The maximum absolute atomic E-state index is 13.1. The number of amides is 1. The highest BCUT2D eigenvalue weighted by Crippen LogP contribution is 2.38. The Hall–Kier alpha value is -0.760. The molecule has 3 atom stereocenters. The van der Waals surface area contributed by atoms with Crippen LogP contribution in [-0.2, 0) is 18.4 Å². The molecular formula is C83H167N2O6P. The minimum atomic E-state index is -4.58. The zero-order valence-corrected chi connectivity index (χ0v) is 64.2. The SMILES string of the molecule is CCCCCCCCCC/C=C\CCCCCCCCCCCCCCCCCCCCCCCCCCCCCC(=O)NC(COP(=O)([O-])OCC[N+](C)(C)C)C(O)CCCCCCCCCCCCCCCCCCCCCCCCCCCCCCCCC. The standard InChI is InChI=1S/C83H167N2O6P/c1-6-8-10-12-14-16-18-20-22-24-26-28-30-32-34-36-38-39-40-41-42-43-44-45-47-49-51-53-55-57-59-61-63-65-67-69-71-73-75-77-83(87)84-81(80-91-92(88,89)90-79-78-85(3,4)5)82(86)76-74-72-70-68-66-64-62-60-58-56-54-52-50-48-46-37-35-33-31-29-27-25-23-21-19-17-15-13-11-9-7-2/h24,26,81-82,86H,6-23,25,27-80H2,1-5H3,(H-,84,87,88,89)/b26-24-. The summed E-state index contributed by atoms with van der Waals surface area (Å²) in [5.74, 6) is -0.152. The third kappa shape index (κ3) is 76.6. The van der Waals surface area contributed by atoms with E-state index in [0.29, 0.717) is 23.9 Å². The van der Waals surface area contributed by atoms with Gasteiger partial charge in [-0.1, -0.05) is 431 Å². The highest BCUT2D eigenvalue weighted by molar-refractivity contribution is 7.45. The van der Waals surface area contributed by atoms with Crippen LogP contribution in [0, 0.1) is 0 Å². The van der Waals surface area contributed by atoms with Gasteiger partial charge in [-0.25, -0.2) is 0 Å². The largest absolute Gasteiger partial charge is 0.756 e. The van der Waals surface area contributed by atoms with Gasteiger partial charge >= 0.3 is 0 Å². The van der Waals surface area contributed by atoms with E-state index >= 15 is 0 Å². The summed E-state index contributed by atoms with van der Waals surface area (Å²) < 4.78 is 23.6. The lowest BCUT2D eigenvalue weighted by molar-refractivity contribution is -0.870. The van der Waals surface area contributed by atoms with E-state index in [2.05, 4.69) is 31.3 Å². The molecule has 0 bridgehead atoms. The van der Waals surface area contributed by atoms with E-state index in [-0.39, 0.29) is 19.1 Å². The zero-order chi connectivity index (χ0) is 66.9. The van der Waals surface area contributed by atoms with Crippen LogP contribution in [0.3, 0.4) is 0 Å². The fraction of sp³-hybridized carbons (Fsp3) is 0.964. The van der Waals surface area contributed by atoms with Crippen LogP contribution in [0.2, 0.25) is 0 Å². The minimum Gasteiger partial charge on any atom is -0.756 e. The zero-order valence-electron chi connectivity index (χ0n) is 63.3. The summed E-state index contributed by atoms with van der Waals surface area (Å²) in [6, 6.07) is -0.799. The van der Waals surface area contributed by atoms with E-state index in [4.69, 9.17) is 9.05 Å². The van der Waals surface area contributed by atoms with E-state index in [1.54, 1.807) is 0 Å². The number of unbranched alkanes of at least 4 members (excludes halogenated alkanes) is 65. The molecular weight excluding hydrogens is 1150 g/mol. The van der Waals surface area contributed by atoms with E-state index in [0.717, 1.165) is 38.5 Å². The first-order chi connectivity index (χ1) is 45.0. The number of rotatable bonds is 80. The summed E-state index contributed by atoms with van der Waals surface area (Å²) in [5, 5.41) is 14.2. The summed E-state index contributed by atoms with van der Waals surface area (Å²) >= 11 is 0. The number of carbonyl (C=O) groups is 1. The number of aliphatic hydroxyl groups excluding tert-OH is 1. The van der Waals surface area contributed by atoms with Crippen LogP contribution < -0.4 is 10.2 Å². The van der Waals surface area contributed by atoms with Crippen LogP contribution in [0.15, 0.2) is 12.2 Å². The number of quaternary nitrogens is 1. The molecule has 92 heavy (non-hydrogen) atoms. The molecule has 8 nitrogen and oxygen atoms in total. The summed E-state index contributed by atoms with van der Waals surface area (Å²) in [7, 11) is 1.33. The molecule has 3 unspecified atom stereocenters. The lowest BCUT2D eigenvalue weighted by atomic mass is 10.0. The Balaban J connectivity index is 3.86. The van der Waals surface area contributed by atoms with Gasteiger partial charge in [-0.3, -0.25) is 9.36 Å². The van der Waals surface area contributed by atoms with Crippen molar-refractivity contribution in [2.24, 2.45) is 0 Å². The van der Waals surface area contributed by atoms with E-state index in [9.17, 15) is 19.4 Å². The Bertz CT molecular complexity index is 1510. The predicted octanol–water partition coefficient (Wildman–Crippen LogP) is 26.9. The van der Waals surface area contributed by atoms with Crippen molar-refractivity contribution in [3.63, 3.8) is 0 Å². The molecule has 550 valence electrons. The Morgan fingerprint density at radius 1 is 0.370 bits per heavy atom. The van der Waals surface area contributed by atoms with Gasteiger partial charge in [-0.15, -0.1) is 0 Å². The molecule has 0 saturated heterocycles. The monoisotopic (exact) mass is 1320 g/mol. The normalized spacial score (nSPS) is 13.4. The molecule has 0 rings (SSSR count). The topological polar surface area (TPSA) is 108 Å². The molecule has 1 amide bonds. The van der Waals surface area contributed by atoms with Gasteiger partial charge in [-0.05, 0) is 38.5 Å². The Morgan fingerprint density at radius 3 is 0.848 bits per heavy atom. The Morgan fingerprint density at radius 2 is 0.598 bits per heavy atom. The number of hydrogen-bond donors (Lipinski definition) is 2. The molecule has 0 saturated carbocycles. The van der Waals surface area contributed by atoms with Gasteiger partial charge in [0.05, 0.1) is 39.9 Å². The first-order valence-electron chi connectivity index (χ1n) is 42.0. The number of nitrogens with one attached hydrogen (secondary N) is 1. The number of nitrogens with zero attached hydrogens (tertiary/aromatic N) is 1. The molecule has 0 aromatic heterocycles. The molecule has 0 radical (unpaired) electrons. The molecule has 9 heteroatoms. The molecule has 0 aliphatic rings. The summed E-state index contributed by atoms with van der Waals surface area (Å²) in [5.41, 5.74) is 0. The van der Waals surface area contributed by atoms with Crippen LogP contribution >= 0.6 is 7.82 Å². The molecule has 0 heterocycles.